The molecule has 2 N–H and O–H groups in total. The van der Waals surface area contributed by atoms with Crippen LogP contribution in [0.15, 0.2) is 83.0 Å². The first-order chi connectivity index (χ1) is 16.8. The maximum Gasteiger partial charge on any atom is 0.337 e. The molecule has 2 aromatic heterocycles. The van der Waals surface area contributed by atoms with Gasteiger partial charge in [-0.15, -0.1) is 0 Å². The van der Waals surface area contributed by atoms with E-state index in [1.165, 1.54) is 18.5 Å². The molecule has 0 unspecified atom stereocenters. The lowest BCUT2D eigenvalue weighted by atomic mass is 10.1. The number of benzene rings is 2. The van der Waals surface area contributed by atoms with Crippen molar-refractivity contribution in [2.24, 2.45) is 4.99 Å². The zero-order valence-electron chi connectivity index (χ0n) is 19.1. The second-order valence-electron chi connectivity index (χ2n) is 8.16. The number of hydrogen-bond acceptors (Lipinski definition) is 5. The van der Waals surface area contributed by atoms with Crippen LogP contribution in [0, 0.1) is 0 Å². The second kappa shape index (κ2) is 10.4. The Bertz CT molecular complexity index is 1470. The number of halogens is 1. The largest absolute Gasteiger partial charge is 0.478 e. The van der Waals surface area contributed by atoms with Crippen LogP contribution in [0.2, 0.25) is 5.02 Å². The highest BCUT2D eigenvalue weighted by molar-refractivity contribution is 6.30. The Morgan fingerprint density at radius 1 is 1.11 bits per heavy atom. The minimum Gasteiger partial charge on any atom is -0.478 e. The summed E-state index contributed by atoms with van der Waals surface area (Å²) < 4.78 is 7.31. The molecule has 0 aliphatic rings. The van der Waals surface area contributed by atoms with E-state index in [-0.39, 0.29) is 17.0 Å². The average Bonchev–Trinajstić information content (AvgIpc) is 2.84. The number of carboxylic acids is 1. The number of nitrogens with zero attached hydrogens (tertiary/aromatic N) is 3. The first kappa shape index (κ1) is 24.0. The summed E-state index contributed by atoms with van der Waals surface area (Å²) in [7, 11) is 0. The molecular weight excluding hydrogens is 468 g/mol. The topological polar surface area (TPSA) is 110 Å². The van der Waals surface area contributed by atoms with Crippen LogP contribution in [0.25, 0.3) is 0 Å². The SMILES string of the molecule is CC(C)c1c[nH]/c(=N\c2ccc(Oc3cncc(C(=O)O)c3)cc2)n(Cc2ccc(Cl)cc2)c1=O. The van der Waals surface area contributed by atoms with Crippen molar-refractivity contribution in [3.8, 4) is 11.5 Å². The third-order valence-corrected chi connectivity index (χ3v) is 5.50. The van der Waals surface area contributed by atoms with Crippen molar-refractivity contribution in [1.82, 2.24) is 14.5 Å². The molecule has 8 nitrogen and oxygen atoms in total. The van der Waals surface area contributed by atoms with Crippen LogP contribution >= 0.6 is 11.6 Å². The van der Waals surface area contributed by atoms with Gasteiger partial charge in [0.1, 0.15) is 11.5 Å². The molecule has 4 aromatic rings. The predicted octanol–water partition coefficient (Wildman–Crippen LogP) is 5.12. The molecule has 0 atom stereocenters. The van der Waals surface area contributed by atoms with Gasteiger partial charge in [0.25, 0.3) is 5.56 Å². The quantitative estimate of drug-likeness (QED) is 0.373. The molecule has 4 rings (SSSR count). The maximum atomic E-state index is 13.2. The Balaban J connectivity index is 1.66. The van der Waals surface area contributed by atoms with Gasteiger partial charge in [0.05, 0.1) is 24.0 Å². The normalized spacial score (nSPS) is 11.6. The number of hydrogen-bond donors (Lipinski definition) is 2. The summed E-state index contributed by atoms with van der Waals surface area (Å²) in [4.78, 5) is 36.0. The molecule has 0 saturated heterocycles. The van der Waals surface area contributed by atoms with Crippen LogP contribution in [-0.2, 0) is 6.54 Å². The molecule has 0 spiro atoms. The van der Waals surface area contributed by atoms with E-state index in [0.717, 1.165) is 5.56 Å². The van der Waals surface area contributed by atoms with E-state index in [0.29, 0.717) is 39.9 Å². The van der Waals surface area contributed by atoms with Gasteiger partial charge in [0, 0.05) is 23.0 Å². The van der Waals surface area contributed by atoms with Gasteiger partial charge in [-0.05, 0) is 53.9 Å². The molecule has 0 fully saturated rings. The van der Waals surface area contributed by atoms with E-state index >= 15 is 0 Å². The number of carbonyl (C=O) groups is 1. The van der Waals surface area contributed by atoms with Gasteiger partial charge in [-0.3, -0.25) is 14.3 Å². The van der Waals surface area contributed by atoms with Gasteiger partial charge >= 0.3 is 5.97 Å². The standard InChI is InChI=1S/C26H23ClN4O4/c1-16(2)23-14-29-26(31(24(23)32)15-17-3-5-19(27)6-4-17)30-20-7-9-21(10-8-20)35-22-11-18(25(33)34)12-28-13-22/h3-14,16H,15H2,1-2H3,(H,29,30)(H,33,34). The number of aromatic nitrogens is 3. The highest BCUT2D eigenvalue weighted by atomic mass is 35.5. The number of carboxylic acid groups (broad SMARTS) is 1. The van der Waals surface area contributed by atoms with Gasteiger partial charge in [-0.2, -0.15) is 0 Å². The van der Waals surface area contributed by atoms with Crippen LogP contribution in [0.1, 0.15) is 41.3 Å². The molecule has 35 heavy (non-hydrogen) atoms. The summed E-state index contributed by atoms with van der Waals surface area (Å²) in [5.74, 6) is -0.230. The molecule has 0 aliphatic heterocycles. The third kappa shape index (κ3) is 5.85. The van der Waals surface area contributed by atoms with Crippen molar-refractivity contribution in [2.75, 3.05) is 0 Å². The van der Waals surface area contributed by atoms with E-state index in [4.69, 9.17) is 21.4 Å². The summed E-state index contributed by atoms with van der Waals surface area (Å²) >= 11 is 6.00. The van der Waals surface area contributed by atoms with Gasteiger partial charge in [0.15, 0.2) is 0 Å². The Morgan fingerprint density at radius 2 is 1.83 bits per heavy atom. The first-order valence-corrected chi connectivity index (χ1v) is 11.3. The Morgan fingerprint density at radius 3 is 2.49 bits per heavy atom. The Kier molecular flexibility index (Phi) is 7.12. The van der Waals surface area contributed by atoms with Crippen LogP contribution in [0.3, 0.4) is 0 Å². The molecule has 178 valence electrons. The number of pyridine rings is 1. The highest BCUT2D eigenvalue weighted by Gasteiger charge is 2.11. The smallest absolute Gasteiger partial charge is 0.337 e. The van der Waals surface area contributed by atoms with Gasteiger partial charge < -0.3 is 14.8 Å². The zero-order valence-corrected chi connectivity index (χ0v) is 19.9. The van der Waals surface area contributed by atoms with Crippen LogP contribution in [0.4, 0.5) is 5.69 Å². The summed E-state index contributed by atoms with van der Waals surface area (Å²) in [6.45, 7) is 4.27. The van der Waals surface area contributed by atoms with Crippen LogP contribution in [0.5, 0.6) is 11.5 Å². The zero-order chi connectivity index (χ0) is 24.9. The molecule has 2 heterocycles. The molecule has 9 heteroatoms. The highest BCUT2D eigenvalue weighted by Crippen LogP contribution is 2.24. The van der Waals surface area contributed by atoms with Crippen molar-refractivity contribution < 1.29 is 14.6 Å². The Labute approximate surface area is 206 Å². The lowest BCUT2D eigenvalue weighted by molar-refractivity contribution is 0.0696. The minimum absolute atomic E-state index is 0.0353. The number of rotatable bonds is 7. The van der Waals surface area contributed by atoms with Crippen LogP contribution < -0.4 is 15.9 Å². The lowest BCUT2D eigenvalue weighted by Gasteiger charge is -2.12. The fraction of sp³-hybridized carbons (Fsp3) is 0.154. The fourth-order valence-electron chi connectivity index (χ4n) is 3.40. The van der Waals surface area contributed by atoms with Gasteiger partial charge in [-0.25, -0.2) is 9.79 Å². The number of ether oxygens (including phenoxy) is 1. The molecule has 0 amide bonds. The molecule has 0 saturated carbocycles. The van der Waals surface area contributed by atoms with E-state index in [1.54, 1.807) is 47.2 Å². The number of nitrogens with one attached hydrogen (secondary N) is 1. The van der Waals surface area contributed by atoms with Crippen molar-refractivity contribution >= 4 is 23.3 Å². The van der Waals surface area contributed by atoms with Crippen molar-refractivity contribution in [1.29, 1.82) is 0 Å². The number of aromatic carboxylic acids is 1. The summed E-state index contributed by atoms with van der Waals surface area (Å²) in [6, 6.07) is 15.6. The average molecular weight is 491 g/mol. The molecule has 0 radical (unpaired) electrons. The maximum absolute atomic E-state index is 13.2. The molecule has 2 aromatic carbocycles. The van der Waals surface area contributed by atoms with Gasteiger partial charge in [-0.1, -0.05) is 37.6 Å². The van der Waals surface area contributed by atoms with E-state index < -0.39 is 5.97 Å². The number of H-pyrrole nitrogens is 1. The number of aromatic amines is 1. The van der Waals surface area contributed by atoms with Crippen LogP contribution in [-0.4, -0.2) is 25.6 Å². The summed E-state index contributed by atoms with van der Waals surface area (Å²) in [6.07, 6.45) is 4.39. The molecule has 0 aliphatic carbocycles. The minimum atomic E-state index is -1.08. The van der Waals surface area contributed by atoms with E-state index in [1.807, 2.05) is 26.0 Å². The van der Waals surface area contributed by atoms with E-state index in [9.17, 15) is 9.59 Å². The Hall–Kier alpha value is -4.17. The third-order valence-electron chi connectivity index (χ3n) is 5.25. The second-order valence-corrected chi connectivity index (χ2v) is 8.60. The monoisotopic (exact) mass is 490 g/mol. The summed E-state index contributed by atoms with van der Waals surface area (Å²) in [5.41, 5.74) is 2.52. The van der Waals surface area contributed by atoms with Crippen molar-refractivity contribution in [2.45, 2.75) is 26.3 Å². The van der Waals surface area contributed by atoms with Gasteiger partial charge in [0.2, 0.25) is 5.62 Å². The lowest BCUT2D eigenvalue weighted by Crippen LogP contribution is -2.38. The molecular formula is C26H23ClN4O4. The molecule has 0 bridgehead atoms. The first-order valence-electron chi connectivity index (χ1n) is 10.9. The van der Waals surface area contributed by atoms with Crippen molar-refractivity contribution in [3.05, 3.63) is 111 Å². The van der Waals surface area contributed by atoms with E-state index in [2.05, 4.69) is 15.0 Å². The predicted molar refractivity (Wildman–Crippen MR) is 133 cm³/mol. The fourth-order valence-corrected chi connectivity index (χ4v) is 3.52. The summed E-state index contributed by atoms with van der Waals surface area (Å²) in [5, 5.41) is 9.73. The van der Waals surface area contributed by atoms with Crippen molar-refractivity contribution in [3.63, 3.8) is 0 Å².